The minimum absolute atomic E-state index is 0.200. The normalized spacial score (nSPS) is 10.6. The lowest BCUT2D eigenvalue weighted by Gasteiger charge is -2.03. The van der Waals surface area contributed by atoms with E-state index in [2.05, 4.69) is 10.3 Å². The van der Waals surface area contributed by atoms with Crippen LogP contribution in [0.15, 0.2) is 47.8 Å². The van der Waals surface area contributed by atoms with Crippen LogP contribution >= 0.6 is 11.3 Å². The van der Waals surface area contributed by atoms with Gasteiger partial charge in [0, 0.05) is 22.3 Å². The Labute approximate surface area is 126 Å². The van der Waals surface area contributed by atoms with E-state index in [1.54, 1.807) is 19.1 Å². The third kappa shape index (κ3) is 3.03. The predicted octanol–water partition coefficient (Wildman–Crippen LogP) is 4.58. The fourth-order valence-electron chi connectivity index (χ4n) is 1.96. The van der Waals surface area contributed by atoms with Crippen molar-refractivity contribution in [2.75, 3.05) is 11.1 Å². The van der Waals surface area contributed by atoms with E-state index in [1.165, 1.54) is 17.4 Å². The molecular weight excluding hydrogens is 285 g/mol. The molecule has 0 amide bonds. The molecule has 3 aromatic rings. The van der Waals surface area contributed by atoms with Gasteiger partial charge in [0.1, 0.15) is 5.82 Å². The summed E-state index contributed by atoms with van der Waals surface area (Å²) in [7, 11) is 0. The predicted molar refractivity (Wildman–Crippen MR) is 86.4 cm³/mol. The van der Waals surface area contributed by atoms with Crippen LogP contribution in [-0.4, -0.2) is 4.98 Å². The third-order valence-corrected chi connectivity index (χ3v) is 3.88. The Morgan fingerprint density at radius 1 is 1.14 bits per heavy atom. The molecule has 0 saturated carbocycles. The summed E-state index contributed by atoms with van der Waals surface area (Å²) in [6, 6.07) is 12.5. The molecule has 0 aliphatic carbocycles. The molecule has 0 aliphatic heterocycles. The van der Waals surface area contributed by atoms with Crippen LogP contribution in [0.3, 0.4) is 0 Å². The summed E-state index contributed by atoms with van der Waals surface area (Å²) < 4.78 is 13.3. The number of thiazole rings is 1. The molecule has 3 nitrogen and oxygen atoms in total. The highest BCUT2D eigenvalue weighted by molar-refractivity contribution is 7.14. The molecule has 106 valence electrons. The van der Waals surface area contributed by atoms with Crippen molar-refractivity contribution in [3.8, 4) is 11.3 Å². The first-order valence-corrected chi connectivity index (χ1v) is 7.34. The molecule has 0 atom stereocenters. The van der Waals surface area contributed by atoms with Crippen LogP contribution in [0.5, 0.6) is 0 Å². The first-order valence-electron chi connectivity index (χ1n) is 6.46. The number of aromatic nitrogens is 1. The fourth-order valence-corrected chi connectivity index (χ4v) is 2.70. The van der Waals surface area contributed by atoms with Crippen LogP contribution in [0.2, 0.25) is 0 Å². The zero-order valence-electron chi connectivity index (χ0n) is 11.4. The van der Waals surface area contributed by atoms with E-state index in [1.807, 2.05) is 29.6 Å². The van der Waals surface area contributed by atoms with Gasteiger partial charge in [0.25, 0.3) is 0 Å². The third-order valence-electron chi connectivity index (χ3n) is 3.12. The van der Waals surface area contributed by atoms with Crippen molar-refractivity contribution in [2.45, 2.75) is 6.92 Å². The molecule has 0 bridgehead atoms. The van der Waals surface area contributed by atoms with E-state index in [9.17, 15) is 4.39 Å². The van der Waals surface area contributed by atoms with Crippen molar-refractivity contribution in [3.05, 3.63) is 59.2 Å². The van der Waals surface area contributed by atoms with Crippen LogP contribution in [0, 0.1) is 12.7 Å². The monoisotopic (exact) mass is 299 g/mol. The van der Waals surface area contributed by atoms with E-state index in [0.29, 0.717) is 5.56 Å². The smallest absolute Gasteiger partial charge is 0.187 e. The quantitative estimate of drug-likeness (QED) is 0.696. The summed E-state index contributed by atoms with van der Waals surface area (Å²) in [4.78, 5) is 4.52. The molecule has 1 aromatic heterocycles. The summed E-state index contributed by atoms with van der Waals surface area (Å²) in [5.41, 5.74) is 9.68. The highest BCUT2D eigenvalue weighted by atomic mass is 32.1. The molecule has 0 saturated heterocycles. The lowest BCUT2D eigenvalue weighted by atomic mass is 10.1. The standard InChI is InChI=1S/C16H14FN3S/c1-10-8-11(2-7-14(10)17)15-9-21-16(20-15)19-13-5-3-12(18)4-6-13/h2-9H,18H2,1H3,(H,19,20). The van der Waals surface area contributed by atoms with Gasteiger partial charge in [-0.3, -0.25) is 0 Å². The molecule has 3 rings (SSSR count). The second-order valence-electron chi connectivity index (χ2n) is 4.75. The van der Waals surface area contributed by atoms with Crippen molar-refractivity contribution in [2.24, 2.45) is 0 Å². The Kier molecular flexibility index (Phi) is 3.58. The topological polar surface area (TPSA) is 50.9 Å². The van der Waals surface area contributed by atoms with E-state index < -0.39 is 0 Å². The van der Waals surface area contributed by atoms with Crippen molar-refractivity contribution >= 4 is 27.8 Å². The molecule has 5 heteroatoms. The first kappa shape index (κ1) is 13.6. The number of halogens is 1. The van der Waals surface area contributed by atoms with E-state index in [0.717, 1.165) is 27.8 Å². The Balaban J connectivity index is 1.82. The summed E-state index contributed by atoms with van der Waals surface area (Å²) >= 11 is 1.51. The summed E-state index contributed by atoms with van der Waals surface area (Å²) in [6.45, 7) is 1.75. The fraction of sp³-hybridized carbons (Fsp3) is 0.0625. The molecule has 0 fully saturated rings. The lowest BCUT2D eigenvalue weighted by Crippen LogP contribution is -1.91. The van der Waals surface area contributed by atoms with Gasteiger partial charge < -0.3 is 11.1 Å². The van der Waals surface area contributed by atoms with Gasteiger partial charge in [-0.15, -0.1) is 11.3 Å². The number of nitrogens with one attached hydrogen (secondary N) is 1. The van der Waals surface area contributed by atoms with Crippen LogP contribution in [0.1, 0.15) is 5.56 Å². The van der Waals surface area contributed by atoms with Gasteiger partial charge in [0.05, 0.1) is 5.69 Å². The largest absolute Gasteiger partial charge is 0.399 e. The van der Waals surface area contributed by atoms with E-state index in [-0.39, 0.29) is 5.82 Å². The van der Waals surface area contributed by atoms with Crippen molar-refractivity contribution in [1.29, 1.82) is 0 Å². The second kappa shape index (κ2) is 5.54. The highest BCUT2D eigenvalue weighted by Gasteiger charge is 2.07. The number of anilines is 3. The van der Waals surface area contributed by atoms with Crippen molar-refractivity contribution in [3.63, 3.8) is 0 Å². The number of nitrogens with two attached hydrogens (primary N) is 1. The number of nitrogen functional groups attached to an aromatic ring is 1. The van der Waals surface area contributed by atoms with Crippen molar-refractivity contribution in [1.82, 2.24) is 4.98 Å². The molecule has 21 heavy (non-hydrogen) atoms. The molecule has 3 N–H and O–H groups in total. The average molecular weight is 299 g/mol. The molecule has 0 radical (unpaired) electrons. The first-order chi connectivity index (χ1) is 10.1. The van der Waals surface area contributed by atoms with Gasteiger partial charge in [-0.2, -0.15) is 0 Å². The van der Waals surface area contributed by atoms with Gasteiger partial charge in [0.15, 0.2) is 5.13 Å². The van der Waals surface area contributed by atoms with Gasteiger partial charge in [-0.1, -0.05) is 0 Å². The Morgan fingerprint density at radius 3 is 2.62 bits per heavy atom. The lowest BCUT2D eigenvalue weighted by molar-refractivity contribution is 0.619. The average Bonchev–Trinajstić information content (AvgIpc) is 2.93. The minimum Gasteiger partial charge on any atom is -0.399 e. The van der Waals surface area contributed by atoms with E-state index in [4.69, 9.17) is 5.73 Å². The summed E-state index contributed by atoms with van der Waals surface area (Å²) in [6.07, 6.45) is 0. The van der Waals surface area contributed by atoms with Gasteiger partial charge in [-0.05, 0) is 55.0 Å². The molecule has 2 aromatic carbocycles. The van der Waals surface area contributed by atoms with Crippen molar-refractivity contribution < 1.29 is 4.39 Å². The number of rotatable bonds is 3. The maximum absolute atomic E-state index is 13.3. The molecule has 1 heterocycles. The molecule has 0 aliphatic rings. The van der Waals surface area contributed by atoms with Crippen LogP contribution in [0.25, 0.3) is 11.3 Å². The minimum atomic E-state index is -0.200. The van der Waals surface area contributed by atoms with Gasteiger partial charge >= 0.3 is 0 Å². The SMILES string of the molecule is Cc1cc(-c2csc(Nc3ccc(N)cc3)n2)ccc1F. The molecule has 0 spiro atoms. The number of benzene rings is 2. The Bertz CT molecular complexity index is 765. The van der Waals surface area contributed by atoms with Crippen LogP contribution < -0.4 is 11.1 Å². The highest BCUT2D eigenvalue weighted by Crippen LogP contribution is 2.28. The van der Waals surface area contributed by atoms with E-state index >= 15 is 0 Å². The van der Waals surface area contributed by atoms with Crippen LogP contribution in [-0.2, 0) is 0 Å². The Morgan fingerprint density at radius 2 is 1.90 bits per heavy atom. The number of aryl methyl sites for hydroxylation is 1. The van der Waals surface area contributed by atoms with Crippen LogP contribution in [0.4, 0.5) is 20.9 Å². The number of nitrogens with zero attached hydrogens (tertiary/aromatic N) is 1. The second-order valence-corrected chi connectivity index (χ2v) is 5.61. The molecule has 0 unspecified atom stereocenters. The van der Waals surface area contributed by atoms with Gasteiger partial charge in [0.2, 0.25) is 0 Å². The number of hydrogen-bond donors (Lipinski definition) is 2. The number of hydrogen-bond acceptors (Lipinski definition) is 4. The molecular formula is C16H14FN3S. The summed E-state index contributed by atoms with van der Waals surface area (Å²) in [5.74, 6) is -0.200. The summed E-state index contributed by atoms with van der Waals surface area (Å²) in [5, 5.41) is 5.96. The zero-order valence-corrected chi connectivity index (χ0v) is 12.2. The van der Waals surface area contributed by atoms with Gasteiger partial charge in [-0.25, -0.2) is 9.37 Å². The maximum atomic E-state index is 13.3. The zero-order chi connectivity index (χ0) is 14.8. The maximum Gasteiger partial charge on any atom is 0.187 e. The Hall–Kier alpha value is -2.40.